The van der Waals surface area contributed by atoms with Crippen LogP contribution in [0.3, 0.4) is 0 Å². The summed E-state index contributed by atoms with van der Waals surface area (Å²) in [4.78, 5) is 12.1. The van der Waals surface area contributed by atoms with Gasteiger partial charge < -0.3 is 14.2 Å². The van der Waals surface area contributed by atoms with Crippen molar-refractivity contribution in [2.75, 3.05) is 20.3 Å². The van der Waals surface area contributed by atoms with Crippen molar-refractivity contribution >= 4 is 12.1 Å². The smallest absolute Gasteiger partial charge is 0.271 e. The molecule has 6 heteroatoms. The second-order valence-electron chi connectivity index (χ2n) is 5.00. The molecular weight excluding hydrogens is 320 g/mol. The number of carbonyl (C=O) groups excluding carboxylic acids is 1. The Hall–Kier alpha value is -3.02. The normalized spacial score (nSPS) is 10.5. The second-order valence-corrected chi connectivity index (χ2v) is 5.00. The molecule has 0 fully saturated rings. The van der Waals surface area contributed by atoms with E-state index in [1.807, 2.05) is 32.0 Å². The first kappa shape index (κ1) is 18.3. The van der Waals surface area contributed by atoms with Crippen LogP contribution in [0.1, 0.15) is 29.8 Å². The summed E-state index contributed by atoms with van der Waals surface area (Å²) in [5.74, 6) is 1.63. The van der Waals surface area contributed by atoms with E-state index in [-0.39, 0.29) is 5.91 Å². The van der Waals surface area contributed by atoms with Crippen molar-refractivity contribution in [2.24, 2.45) is 5.10 Å². The summed E-state index contributed by atoms with van der Waals surface area (Å²) >= 11 is 0. The number of amides is 1. The van der Waals surface area contributed by atoms with E-state index in [1.165, 1.54) is 0 Å². The van der Waals surface area contributed by atoms with E-state index < -0.39 is 0 Å². The van der Waals surface area contributed by atoms with Crippen LogP contribution >= 0.6 is 0 Å². The summed E-state index contributed by atoms with van der Waals surface area (Å²) in [5, 5.41) is 3.99. The largest absolute Gasteiger partial charge is 0.497 e. The fraction of sp³-hybridized carbons (Fsp3) is 0.263. The van der Waals surface area contributed by atoms with Crippen molar-refractivity contribution < 1.29 is 19.0 Å². The maximum absolute atomic E-state index is 12.1. The first-order chi connectivity index (χ1) is 12.2. The predicted molar refractivity (Wildman–Crippen MR) is 96.8 cm³/mol. The van der Waals surface area contributed by atoms with Gasteiger partial charge in [0.1, 0.15) is 5.75 Å². The van der Waals surface area contributed by atoms with Crippen molar-refractivity contribution in [3.63, 3.8) is 0 Å². The first-order valence-corrected chi connectivity index (χ1v) is 8.05. The third-order valence-electron chi connectivity index (χ3n) is 3.28. The molecule has 0 aliphatic heterocycles. The number of hydrogen-bond donors (Lipinski definition) is 1. The predicted octanol–water partition coefficient (Wildman–Crippen LogP) is 3.26. The molecule has 2 rings (SSSR count). The zero-order valence-corrected chi connectivity index (χ0v) is 14.6. The van der Waals surface area contributed by atoms with E-state index >= 15 is 0 Å². The monoisotopic (exact) mass is 342 g/mol. The van der Waals surface area contributed by atoms with E-state index in [2.05, 4.69) is 10.5 Å². The van der Waals surface area contributed by atoms with Gasteiger partial charge in [-0.15, -0.1) is 0 Å². The number of methoxy groups -OCH3 is 1. The highest BCUT2D eigenvalue weighted by Crippen LogP contribution is 2.27. The quantitative estimate of drug-likeness (QED) is 0.590. The van der Waals surface area contributed by atoms with Gasteiger partial charge in [-0.2, -0.15) is 5.10 Å². The van der Waals surface area contributed by atoms with Crippen molar-refractivity contribution in [1.82, 2.24) is 5.43 Å². The minimum atomic E-state index is -0.314. The maximum Gasteiger partial charge on any atom is 0.271 e. The van der Waals surface area contributed by atoms with Gasteiger partial charge in [-0.3, -0.25) is 4.79 Å². The van der Waals surface area contributed by atoms with Crippen molar-refractivity contribution in [3.8, 4) is 17.2 Å². The van der Waals surface area contributed by atoms with Crippen LogP contribution in [0.4, 0.5) is 0 Å². The Balaban J connectivity index is 2.05. The van der Waals surface area contributed by atoms with Crippen LogP contribution < -0.4 is 19.6 Å². The van der Waals surface area contributed by atoms with Gasteiger partial charge in [0, 0.05) is 5.56 Å². The van der Waals surface area contributed by atoms with Crippen LogP contribution in [0.5, 0.6) is 17.2 Å². The van der Waals surface area contributed by atoms with E-state index in [9.17, 15) is 4.79 Å². The number of rotatable bonds is 8. The van der Waals surface area contributed by atoms with Gasteiger partial charge in [0.2, 0.25) is 0 Å². The lowest BCUT2D eigenvalue weighted by molar-refractivity contribution is 0.0955. The summed E-state index contributed by atoms with van der Waals surface area (Å²) in [6.07, 6.45) is 1.55. The van der Waals surface area contributed by atoms with Crippen molar-refractivity contribution in [3.05, 3.63) is 53.6 Å². The molecule has 0 aliphatic carbocycles. The third-order valence-corrected chi connectivity index (χ3v) is 3.28. The van der Waals surface area contributed by atoms with Crippen LogP contribution in [-0.4, -0.2) is 32.4 Å². The molecule has 1 amide bonds. The Kier molecular flexibility index (Phi) is 6.83. The van der Waals surface area contributed by atoms with E-state index in [0.717, 1.165) is 5.56 Å². The van der Waals surface area contributed by atoms with Gasteiger partial charge in [-0.25, -0.2) is 5.43 Å². The zero-order chi connectivity index (χ0) is 18.1. The molecule has 0 bridgehead atoms. The van der Waals surface area contributed by atoms with Crippen LogP contribution in [-0.2, 0) is 0 Å². The molecule has 2 aromatic rings. The van der Waals surface area contributed by atoms with Gasteiger partial charge in [0.15, 0.2) is 11.5 Å². The van der Waals surface area contributed by atoms with Gasteiger partial charge >= 0.3 is 0 Å². The van der Waals surface area contributed by atoms with E-state index in [4.69, 9.17) is 14.2 Å². The molecule has 0 aliphatic rings. The number of hydrogen-bond acceptors (Lipinski definition) is 5. The third kappa shape index (κ3) is 5.24. The molecule has 25 heavy (non-hydrogen) atoms. The molecular formula is C19H22N2O4. The topological polar surface area (TPSA) is 69.2 Å². The second kappa shape index (κ2) is 9.32. The lowest BCUT2D eigenvalue weighted by Crippen LogP contribution is -2.17. The first-order valence-electron chi connectivity index (χ1n) is 8.05. The molecule has 0 heterocycles. The summed E-state index contributed by atoms with van der Waals surface area (Å²) < 4.78 is 16.2. The average Bonchev–Trinajstić information content (AvgIpc) is 2.64. The lowest BCUT2D eigenvalue weighted by atomic mass is 10.2. The molecule has 0 atom stereocenters. The van der Waals surface area contributed by atoms with Crippen LogP contribution in [0.25, 0.3) is 0 Å². The Labute approximate surface area is 147 Å². The number of ether oxygens (including phenoxy) is 3. The molecule has 0 aromatic heterocycles. The molecule has 0 radical (unpaired) electrons. The number of hydrazone groups is 1. The van der Waals surface area contributed by atoms with Gasteiger partial charge in [-0.1, -0.05) is 6.07 Å². The minimum absolute atomic E-state index is 0.314. The zero-order valence-electron chi connectivity index (χ0n) is 14.6. The molecule has 0 saturated heterocycles. The average molecular weight is 342 g/mol. The highest BCUT2D eigenvalue weighted by Gasteiger charge is 2.06. The SMILES string of the molecule is CCOc1ccc(/C=N\NC(=O)c2cccc(OC)c2)cc1OCC. The number of benzene rings is 2. The molecule has 1 N–H and O–H groups in total. The maximum atomic E-state index is 12.1. The summed E-state index contributed by atoms with van der Waals surface area (Å²) in [6.45, 7) is 4.92. The fourth-order valence-corrected chi connectivity index (χ4v) is 2.14. The fourth-order valence-electron chi connectivity index (χ4n) is 2.14. The summed E-state index contributed by atoms with van der Waals surface area (Å²) in [6, 6.07) is 12.3. The Morgan fingerprint density at radius 1 is 1.08 bits per heavy atom. The van der Waals surface area contributed by atoms with Gasteiger partial charge in [0.05, 0.1) is 26.5 Å². The standard InChI is InChI=1S/C19H22N2O4/c1-4-24-17-10-9-14(11-18(17)25-5-2)13-20-21-19(22)15-7-6-8-16(12-15)23-3/h6-13H,4-5H2,1-3H3,(H,21,22)/b20-13-. The highest BCUT2D eigenvalue weighted by molar-refractivity contribution is 5.95. The Morgan fingerprint density at radius 2 is 1.84 bits per heavy atom. The molecule has 0 spiro atoms. The van der Waals surface area contributed by atoms with E-state index in [0.29, 0.717) is 36.0 Å². The minimum Gasteiger partial charge on any atom is -0.497 e. The van der Waals surface area contributed by atoms with Crippen LogP contribution in [0, 0.1) is 0 Å². The van der Waals surface area contributed by atoms with Crippen LogP contribution in [0.2, 0.25) is 0 Å². The van der Waals surface area contributed by atoms with E-state index in [1.54, 1.807) is 37.6 Å². The lowest BCUT2D eigenvalue weighted by Gasteiger charge is -2.11. The molecule has 132 valence electrons. The van der Waals surface area contributed by atoms with Gasteiger partial charge in [0.25, 0.3) is 5.91 Å². The van der Waals surface area contributed by atoms with Gasteiger partial charge in [-0.05, 0) is 55.8 Å². The Morgan fingerprint density at radius 3 is 2.56 bits per heavy atom. The van der Waals surface area contributed by atoms with Crippen molar-refractivity contribution in [1.29, 1.82) is 0 Å². The number of nitrogens with one attached hydrogen (secondary N) is 1. The number of carbonyl (C=O) groups is 1. The highest BCUT2D eigenvalue weighted by atomic mass is 16.5. The molecule has 0 saturated carbocycles. The van der Waals surface area contributed by atoms with Crippen LogP contribution in [0.15, 0.2) is 47.6 Å². The molecule has 0 unspecified atom stereocenters. The summed E-state index contributed by atoms with van der Waals surface area (Å²) in [7, 11) is 1.55. The van der Waals surface area contributed by atoms with Crippen molar-refractivity contribution in [2.45, 2.75) is 13.8 Å². The number of nitrogens with zero attached hydrogens (tertiary/aromatic N) is 1. The molecule has 6 nitrogen and oxygen atoms in total. The summed E-state index contributed by atoms with van der Waals surface area (Å²) in [5.41, 5.74) is 3.75. The Bertz CT molecular complexity index is 744. The molecule has 2 aromatic carbocycles.